The van der Waals surface area contributed by atoms with E-state index in [1.807, 2.05) is 121 Å². The van der Waals surface area contributed by atoms with Gasteiger partial charge in [0.05, 0.1) is 22.0 Å². The number of fused-ring (bicyclic) bond motifs is 9. The number of furan rings is 2. The van der Waals surface area contributed by atoms with Crippen LogP contribution in [0.4, 0.5) is 17.1 Å². The minimum atomic E-state index is -0.445. The normalized spacial score (nSPS) is 13.6. The molecule has 0 N–H and O–H groups in total. The highest BCUT2D eigenvalue weighted by Crippen LogP contribution is 2.45. The van der Waals surface area contributed by atoms with Gasteiger partial charge < -0.3 is 13.7 Å². The summed E-state index contributed by atoms with van der Waals surface area (Å²) in [5, 5.41) is 6.49. The molecule has 2 aromatic heterocycles. The molecule has 0 unspecified atom stereocenters. The Labute approximate surface area is 351 Å². The van der Waals surface area contributed by atoms with Crippen LogP contribution in [0.3, 0.4) is 0 Å². The van der Waals surface area contributed by atoms with Gasteiger partial charge in [-0.2, -0.15) is 0 Å². The maximum Gasteiger partial charge on any atom is 0.143 e. The lowest BCUT2D eigenvalue weighted by atomic mass is 9.95. The van der Waals surface area contributed by atoms with Gasteiger partial charge in [-0.15, -0.1) is 0 Å². The van der Waals surface area contributed by atoms with Crippen molar-refractivity contribution in [2.75, 3.05) is 4.90 Å². The highest BCUT2D eigenvalue weighted by atomic mass is 16.3. The molecule has 0 aliphatic carbocycles. The standard InChI is InChI=1S/C56H35NO2/c1-3-16-44-37(11-1)13-8-19-45(44)41-15-7-14-40(35-41)36-25-30-42(31-26-36)57(50-21-10-24-53-55(50)49-34-29-38-12-2-4-17-47(38)56(49)59-53)43-32-27-39(28-33-43)46-20-9-23-52-54(46)48-18-5-6-22-51(48)58-52/h1-35H/i25D,26D,27D,28D,30D,31D,32D,33D. The fourth-order valence-corrected chi connectivity index (χ4v) is 8.49. The molecule has 0 bridgehead atoms. The molecular weight excluding hydrogens is 719 g/mol. The molecule has 10 aromatic carbocycles. The Morgan fingerprint density at radius 2 is 0.932 bits per heavy atom. The smallest absolute Gasteiger partial charge is 0.143 e. The van der Waals surface area contributed by atoms with Gasteiger partial charge in [0.25, 0.3) is 0 Å². The minimum Gasteiger partial charge on any atom is -0.456 e. The molecule has 0 saturated carbocycles. The first-order chi connectivity index (χ1) is 32.6. The third-order valence-corrected chi connectivity index (χ3v) is 11.2. The number of nitrogens with zero attached hydrogens (tertiary/aromatic N) is 1. The largest absolute Gasteiger partial charge is 0.456 e. The molecule has 59 heavy (non-hydrogen) atoms. The lowest BCUT2D eigenvalue weighted by Crippen LogP contribution is -2.10. The number of hydrogen-bond acceptors (Lipinski definition) is 3. The topological polar surface area (TPSA) is 29.5 Å². The van der Waals surface area contributed by atoms with Crippen molar-refractivity contribution in [3.8, 4) is 33.4 Å². The van der Waals surface area contributed by atoms with Crippen LogP contribution in [0, 0.1) is 0 Å². The van der Waals surface area contributed by atoms with Crippen molar-refractivity contribution in [1.29, 1.82) is 0 Å². The lowest BCUT2D eigenvalue weighted by molar-refractivity contribution is 0.669. The average molecular weight is 762 g/mol. The van der Waals surface area contributed by atoms with Crippen LogP contribution in [0.5, 0.6) is 0 Å². The lowest BCUT2D eigenvalue weighted by Gasteiger charge is -2.26. The van der Waals surface area contributed by atoms with E-state index < -0.39 is 24.2 Å². The predicted octanol–water partition coefficient (Wildman–Crippen LogP) is 16.3. The molecule has 0 aliphatic rings. The second-order valence-electron chi connectivity index (χ2n) is 14.6. The van der Waals surface area contributed by atoms with E-state index in [1.165, 1.54) is 4.90 Å². The monoisotopic (exact) mass is 761 g/mol. The van der Waals surface area contributed by atoms with Crippen molar-refractivity contribution >= 4 is 82.5 Å². The van der Waals surface area contributed by atoms with Crippen molar-refractivity contribution in [2.45, 2.75) is 0 Å². The van der Waals surface area contributed by atoms with Crippen LogP contribution in [0.1, 0.15) is 11.0 Å². The number of hydrogen-bond donors (Lipinski definition) is 0. The predicted molar refractivity (Wildman–Crippen MR) is 247 cm³/mol. The first kappa shape index (κ1) is 26.1. The first-order valence-electron chi connectivity index (χ1n) is 23.4. The van der Waals surface area contributed by atoms with E-state index in [4.69, 9.17) is 8.83 Å². The third kappa shape index (κ3) is 5.44. The Morgan fingerprint density at radius 1 is 0.356 bits per heavy atom. The Morgan fingerprint density at radius 3 is 1.75 bits per heavy atom. The summed E-state index contributed by atoms with van der Waals surface area (Å²) >= 11 is 0. The second-order valence-corrected chi connectivity index (χ2v) is 14.6. The van der Waals surface area contributed by atoms with Crippen molar-refractivity contribution in [3.05, 3.63) is 212 Å². The molecule has 12 rings (SSSR count). The van der Waals surface area contributed by atoms with E-state index in [-0.39, 0.29) is 52.4 Å². The van der Waals surface area contributed by atoms with Crippen LogP contribution in [0.15, 0.2) is 221 Å². The summed E-state index contributed by atoms with van der Waals surface area (Å²) in [6.07, 6.45) is 0. The summed E-state index contributed by atoms with van der Waals surface area (Å²) < 4.78 is 90.6. The highest BCUT2D eigenvalue weighted by molar-refractivity contribution is 6.20. The van der Waals surface area contributed by atoms with Crippen LogP contribution in [0.2, 0.25) is 0 Å². The van der Waals surface area contributed by atoms with E-state index in [2.05, 4.69) is 0 Å². The maximum absolute atomic E-state index is 9.82. The Bertz CT molecular complexity index is 4000. The summed E-state index contributed by atoms with van der Waals surface area (Å²) in [5.74, 6) is 0. The fourth-order valence-electron chi connectivity index (χ4n) is 8.49. The van der Waals surface area contributed by atoms with E-state index in [1.54, 1.807) is 42.5 Å². The number of para-hydroxylation sites is 1. The molecular formula is C56H35NO2. The van der Waals surface area contributed by atoms with E-state index in [0.717, 1.165) is 38.1 Å². The van der Waals surface area contributed by atoms with E-state index >= 15 is 0 Å². The molecule has 2 heterocycles. The second kappa shape index (κ2) is 13.4. The first-order valence-corrected chi connectivity index (χ1v) is 19.4. The van der Waals surface area contributed by atoms with Crippen LogP contribution in [-0.4, -0.2) is 0 Å². The molecule has 0 atom stereocenters. The van der Waals surface area contributed by atoms with Crippen LogP contribution >= 0.6 is 0 Å². The zero-order chi connectivity index (χ0) is 45.8. The van der Waals surface area contributed by atoms with Crippen LogP contribution in [-0.2, 0) is 0 Å². The Balaban J connectivity index is 1.13. The minimum absolute atomic E-state index is 0.0512. The van der Waals surface area contributed by atoms with Crippen molar-refractivity contribution in [2.24, 2.45) is 0 Å². The summed E-state index contributed by atoms with van der Waals surface area (Å²) in [6, 6.07) is 48.1. The highest BCUT2D eigenvalue weighted by Gasteiger charge is 2.21. The molecule has 0 fully saturated rings. The average Bonchev–Trinajstić information content (AvgIpc) is 3.94. The number of benzene rings is 10. The van der Waals surface area contributed by atoms with Crippen molar-refractivity contribution in [1.82, 2.24) is 0 Å². The quantitative estimate of drug-likeness (QED) is 0.169. The Kier molecular flexibility index (Phi) is 5.92. The SMILES string of the molecule is [2H]c1c([2H])c(N(c2c([2H])c([2H])c(-c3cccc4oc5ccccc5c34)c([2H])c2[2H])c2cccc3oc4c5ccccc5ccc4c23)c([2H])c([2H])c1-c1cccc(-c2cccc3ccccc23)c1. The zero-order valence-electron chi connectivity index (χ0n) is 39.4. The number of anilines is 3. The van der Waals surface area contributed by atoms with Gasteiger partial charge in [-0.3, -0.25) is 0 Å². The van der Waals surface area contributed by atoms with Gasteiger partial charge in [0.15, 0.2) is 0 Å². The molecule has 0 radical (unpaired) electrons. The van der Waals surface area contributed by atoms with E-state index in [0.29, 0.717) is 49.6 Å². The van der Waals surface area contributed by atoms with Gasteiger partial charge in [0.1, 0.15) is 22.3 Å². The summed E-state index contributed by atoms with van der Waals surface area (Å²) in [5.41, 5.74) is 4.80. The summed E-state index contributed by atoms with van der Waals surface area (Å²) in [6.45, 7) is 0. The van der Waals surface area contributed by atoms with Crippen LogP contribution in [0.25, 0.3) is 98.8 Å². The van der Waals surface area contributed by atoms with Gasteiger partial charge in [-0.1, -0.05) is 152 Å². The van der Waals surface area contributed by atoms with Gasteiger partial charge in [-0.05, 0) is 110 Å². The molecule has 0 amide bonds. The summed E-state index contributed by atoms with van der Waals surface area (Å²) in [7, 11) is 0. The molecule has 276 valence electrons. The molecule has 0 aliphatic heterocycles. The third-order valence-electron chi connectivity index (χ3n) is 11.2. The van der Waals surface area contributed by atoms with Crippen LogP contribution < -0.4 is 4.90 Å². The maximum atomic E-state index is 9.82. The molecule has 12 aromatic rings. The van der Waals surface area contributed by atoms with Gasteiger partial charge in [0.2, 0.25) is 0 Å². The number of rotatable bonds is 6. The zero-order valence-corrected chi connectivity index (χ0v) is 31.4. The van der Waals surface area contributed by atoms with E-state index in [9.17, 15) is 11.0 Å². The van der Waals surface area contributed by atoms with Gasteiger partial charge >= 0.3 is 0 Å². The molecule has 0 saturated heterocycles. The van der Waals surface area contributed by atoms with Gasteiger partial charge in [-0.25, -0.2) is 0 Å². The van der Waals surface area contributed by atoms with Gasteiger partial charge in [0, 0.05) is 32.9 Å². The molecule has 3 heteroatoms. The van der Waals surface area contributed by atoms with Crippen molar-refractivity contribution in [3.63, 3.8) is 0 Å². The fraction of sp³-hybridized carbons (Fsp3) is 0. The summed E-state index contributed by atoms with van der Waals surface area (Å²) in [4.78, 5) is 1.36. The molecule has 3 nitrogen and oxygen atoms in total. The Hall–Kier alpha value is -7.88. The van der Waals surface area contributed by atoms with Crippen molar-refractivity contribution < 1.29 is 19.8 Å². The molecule has 0 spiro atoms.